The second kappa shape index (κ2) is 5.45. The number of aliphatic hydroxyl groups excluding tert-OH is 1. The Morgan fingerprint density at radius 3 is 2.10 bits per heavy atom. The molecule has 0 radical (unpaired) electrons. The average molecular weight is 263 g/mol. The molecule has 0 amide bonds. The van der Waals surface area contributed by atoms with Crippen molar-refractivity contribution in [2.24, 2.45) is 5.73 Å². The predicted molar refractivity (Wildman–Crippen MR) is 82.3 cm³/mol. The molecule has 0 saturated carbocycles. The minimum absolute atomic E-state index is 0.419. The minimum Gasteiger partial charge on any atom is -0.386 e. The van der Waals surface area contributed by atoms with Crippen LogP contribution < -0.4 is 5.73 Å². The zero-order valence-electron chi connectivity index (χ0n) is 11.1. The van der Waals surface area contributed by atoms with E-state index >= 15 is 0 Å². The Balaban J connectivity index is 1.94. The Labute approximate surface area is 118 Å². The molecule has 3 aromatic carbocycles. The van der Waals surface area contributed by atoms with Crippen molar-refractivity contribution in [3.05, 3.63) is 83.9 Å². The molecule has 20 heavy (non-hydrogen) atoms. The number of nitrogens with two attached hydrogens (primary N) is 1. The van der Waals surface area contributed by atoms with E-state index in [1.54, 1.807) is 0 Å². The quantitative estimate of drug-likeness (QED) is 0.758. The fraction of sp³-hybridized carbons (Fsp3) is 0.111. The lowest BCUT2D eigenvalue weighted by atomic mass is 9.95. The van der Waals surface area contributed by atoms with Crippen LogP contribution >= 0.6 is 0 Å². The topological polar surface area (TPSA) is 46.2 Å². The molecule has 0 aliphatic rings. The lowest BCUT2D eigenvalue weighted by Gasteiger charge is -2.20. The first-order valence-electron chi connectivity index (χ1n) is 6.73. The third kappa shape index (κ3) is 2.44. The van der Waals surface area contributed by atoms with Gasteiger partial charge in [-0.2, -0.15) is 0 Å². The number of rotatable bonds is 3. The second-order valence-electron chi connectivity index (χ2n) is 4.99. The van der Waals surface area contributed by atoms with Gasteiger partial charge in [0.05, 0.1) is 12.1 Å². The normalized spacial score (nSPS) is 14.1. The maximum absolute atomic E-state index is 10.5. The van der Waals surface area contributed by atoms with E-state index in [1.807, 2.05) is 66.7 Å². The van der Waals surface area contributed by atoms with Crippen molar-refractivity contribution < 1.29 is 5.11 Å². The zero-order valence-corrected chi connectivity index (χ0v) is 11.1. The Hall–Kier alpha value is -2.16. The van der Waals surface area contributed by atoms with Gasteiger partial charge in [0.2, 0.25) is 0 Å². The molecule has 0 aliphatic heterocycles. The maximum Gasteiger partial charge on any atom is 0.0982 e. The third-order valence-electron chi connectivity index (χ3n) is 3.64. The van der Waals surface area contributed by atoms with Gasteiger partial charge in [-0.1, -0.05) is 66.7 Å². The molecule has 2 nitrogen and oxygen atoms in total. The molecule has 0 bridgehead atoms. The van der Waals surface area contributed by atoms with Crippen molar-refractivity contribution in [1.82, 2.24) is 0 Å². The first kappa shape index (κ1) is 12.9. The van der Waals surface area contributed by atoms with Gasteiger partial charge in [0, 0.05) is 0 Å². The SMILES string of the molecule is NC(c1ccccc1)C(O)c1ccc2ccccc2c1. The number of hydrogen-bond donors (Lipinski definition) is 2. The summed E-state index contributed by atoms with van der Waals surface area (Å²) in [6, 6.07) is 23.3. The zero-order chi connectivity index (χ0) is 13.9. The van der Waals surface area contributed by atoms with Gasteiger partial charge >= 0.3 is 0 Å². The van der Waals surface area contributed by atoms with Crippen LogP contribution in [0.2, 0.25) is 0 Å². The van der Waals surface area contributed by atoms with Gasteiger partial charge < -0.3 is 10.8 Å². The van der Waals surface area contributed by atoms with Crippen LogP contribution in [0.1, 0.15) is 23.3 Å². The molecular formula is C18H17NO. The fourth-order valence-corrected chi connectivity index (χ4v) is 2.46. The van der Waals surface area contributed by atoms with Crippen LogP contribution in [0.3, 0.4) is 0 Å². The van der Waals surface area contributed by atoms with E-state index in [4.69, 9.17) is 5.73 Å². The summed E-state index contributed by atoms with van der Waals surface area (Å²) in [4.78, 5) is 0. The monoisotopic (exact) mass is 263 g/mol. The molecule has 3 rings (SSSR count). The summed E-state index contributed by atoms with van der Waals surface area (Å²) in [5, 5.41) is 12.8. The van der Waals surface area contributed by atoms with Crippen LogP contribution in [0.4, 0.5) is 0 Å². The Bertz CT molecular complexity index is 709. The highest BCUT2D eigenvalue weighted by Gasteiger charge is 2.18. The Kier molecular flexibility index (Phi) is 3.50. The number of aliphatic hydroxyl groups is 1. The fourth-order valence-electron chi connectivity index (χ4n) is 2.46. The molecule has 2 unspecified atom stereocenters. The van der Waals surface area contributed by atoms with Gasteiger partial charge in [-0.05, 0) is 28.0 Å². The second-order valence-corrected chi connectivity index (χ2v) is 4.99. The molecule has 0 aromatic heterocycles. The van der Waals surface area contributed by atoms with E-state index in [0.29, 0.717) is 0 Å². The number of hydrogen-bond acceptors (Lipinski definition) is 2. The van der Waals surface area contributed by atoms with Crippen molar-refractivity contribution in [1.29, 1.82) is 0 Å². The highest BCUT2D eigenvalue weighted by atomic mass is 16.3. The molecule has 3 aromatic rings. The summed E-state index contributed by atoms with van der Waals surface area (Å²) in [5.41, 5.74) is 7.95. The van der Waals surface area contributed by atoms with E-state index in [-0.39, 0.29) is 0 Å². The highest BCUT2D eigenvalue weighted by molar-refractivity contribution is 5.83. The first-order valence-corrected chi connectivity index (χ1v) is 6.73. The molecule has 2 atom stereocenters. The van der Waals surface area contributed by atoms with E-state index in [9.17, 15) is 5.11 Å². The van der Waals surface area contributed by atoms with Gasteiger partial charge in [0.1, 0.15) is 0 Å². The summed E-state index contributed by atoms with van der Waals surface area (Å²) < 4.78 is 0. The smallest absolute Gasteiger partial charge is 0.0982 e. The molecule has 100 valence electrons. The lowest BCUT2D eigenvalue weighted by Crippen LogP contribution is -2.19. The van der Waals surface area contributed by atoms with Crippen LogP contribution in [0.25, 0.3) is 10.8 Å². The first-order chi connectivity index (χ1) is 9.75. The maximum atomic E-state index is 10.5. The van der Waals surface area contributed by atoms with Crippen molar-refractivity contribution in [3.63, 3.8) is 0 Å². The molecule has 2 heteroatoms. The van der Waals surface area contributed by atoms with Crippen LogP contribution in [0.5, 0.6) is 0 Å². The van der Waals surface area contributed by atoms with Crippen LogP contribution in [0, 0.1) is 0 Å². The van der Waals surface area contributed by atoms with E-state index < -0.39 is 12.1 Å². The van der Waals surface area contributed by atoms with Gasteiger partial charge in [-0.15, -0.1) is 0 Å². The number of benzene rings is 3. The molecule has 0 heterocycles. The standard InChI is InChI=1S/C18H17NO/c19-17(14-7-2-1-3-8-14)18(20)16-11-10-13-6-4-5-9-15(13)12-16/h1-12,17-18,20H,19H2. The minimum atomic E-state index is -0.706. The largest absolute Gasteiger partial charge is 0.386 e. The molecule has 0 fully saturated rings. The van der Waals surface area contributed by atoms with Gasteiger partial charge in [-0.25, -0.2) is 0 Å². The Morgan fingerprint density at radius 2 is 1.35 bits per heavy atom. The van der Waals surface area contributed by atoms with Gasteiger partial charge in [0.15, 0.2) is 0 Å². The van der Waals surface area contributed by atoms with E-state index in [0.717, 1.165) is 21.9 Å². The Morgan fingerprint density at radius 1 is 0.700 bits per heavy atom. The highest BCUT2D eigenvalue weighted by Crippen LogP contribution is 2.28. The average Bonchev–Trinajstić information content (AvgIpc) is 2.54. The summed E-state index contributed by atoms with van der Waals surface area (Å²) in [6.45, 7) is 0. The summed E-state index contributed by atoms with van der Waals surface area (Å²) in [6.07, 6.45) is -0.706. The predicted octanol–water partition coefficient (Wildman–Crippen LogP) is 3.57. The molecule has 3 N–H and O–H groups in total. The van der Waals surface area contributed by atoms with Crippen molar-refractivity contribution in [3.8, 4) is 0 Å². The summed E-state index contributed by atoms with van der Waals surface area (Å²) in [7, 11) is 0. The van der Waals surface area contributed by atoms with Crippen LogP contribution in [-0.2, 0) is 0 Å². The molecule has 0 aliphatic carbocycles. The summed E-state index contributed by atoms with van der Waals surface area (Å²) >= 11 is 0. The van der Waals surface area contributed by atoms with Gasteiger partial charge in [0.25, 0.3) is 0 Å². The van der Waals surface area contributed by atoms with Crippen LogP contribution in [-0.4, -0.2) is 5.11 Å². The van der Waals surface area contributed by atoms with Crippen LogP contribution in [0.15, 0.2) is 72.8 Å². The third-order valence-corrected chi connectivity index (χ3v) is 3.64. The summed E-state index contributed by atoms with van der Waals surface area (Å²) in [5.74, 6) is 0. The lowest BCUT2D eigenvalue weighted by molar-refractivity contribution is 0.147. The molecule has 0 spiro atoms. The van der Waals surface area contributed by atoms with Gasteiger partial charge in [-0.3, -0.25) is 0 Å². The number of fused-ring (bicyclic) bond motifs is 1. The van der Waals surface area contributed by atoms with Crippen molar-refractivity contribution in [2.75, 3.05) is 0 Å². The van der Waals surface area contributed by atoms with E-state index in [2.05, 4.69) is 6.07 Å². The van der Waals surface area contributed by atoms with Crippen molar-refractivity contribution >= 4 is 10.8 Å². The van der Waals surface area contributed by atoms with E-state index in [1.165, 1.54) is 0 Å². The van der Waals surface area contributed by atoms with Crippen molar-refractivity contribution in [2.45, 2.75) is 12.1 Å². The molecule has 0 saturated heterocycles. The molecular weight excluding hydrogens is 246 g/mol.